The molecule has 124 valence electrons. The molecule has 6 heteroatoms. The van der Waals surface area contributed by atoms with Crippen LogP contribution in [0.4, 0.5) is 0 Å². The molecule has 0 aromatic carbocycles. The Balaban J connectivity index is 2.34. The molecule has 0 unspecified atom stereocenters. The maximum absolute atomic E-state index is 5.61. The van der Waals surface area contributed by atoms with E-state index in [0.29, 0.717) is 13.2 Å². The van der Waals surface area contributed by atoms with Crippen LogP contribution in [-0.4, -0.2) is 64.7 Å². The summed E-state index contributed by atoms with van der Waals surface area (Å²) < 4.78 is 16.1. The van der Waals surface area contributed by atoms with Crippen molar-refractivity contribution in [3.63, 3.8) is 0 Å². The van der Waals surface area contributed by atoms with Gasteiger partial charge in [0.2, 0.25) is 0 Å². The third-order valence-corrected chi connectivity index (χ3v) is 3.24. The molecular weight excluding hydrogens is 270 g/mol. The number of aliphatic imine (C=N–C) groups is 1. The van der Waals surface area contributed by atoms with Gasteiger partial charge in [0.1, 0.15) is 0 Å². The summed E-state index contributed by atoms with van der Waals surface area (Å²) in [5, 5.41) is 6.69. The van der Waals surface area contributed by atoms with E-state index in [4.69, 9.17) is 14.2 Å². The van der Waals surface area contributed by atoms with E-state index >= 15 is 0 Å². The van der Waals surface area contributed by atoms with Gasteiger partial charge in [-0.2, -0.15) is 0 Å². The summed E-state index contributed by atoms with van der Waals surface area (Å²) in [6, 6.07) is 0.220. The number of methoxy groups -OCH3 is 1. The zero-order chi connectivity index (χ0) is 15.3. The first-order chi connectivity index (χ1) is 10.3. The van der Waals surface area contributed by atoms with Gasteiger partial charge in [-0.25, -0.2) is 0 Å². The van der Waals surface area contributed by atoms with Crippen molar-refractivity contribution in [1.29, 1.82) is 0 Å². The van der Waals surface area contributed by atoms with Crippen molar-refractivity contribution in [1.82, 2.24) is 10.6 Å². The second-order valence-corrected chi connectivity index (χ2v) is 5.30. The van der Waals surface area contributed by atoms with Crippen molar-refractivity contribution in [2.75, 3.05) is 46.6 Å². The summed E-state index contributed by atoms with van der Waals surface area (Å²) in [5.74, 6) is 0.826. The third-order valence-electron chi connectivity index (χ3n) is 3.24. The van der Waals surface area contributed by atoms with Crippen LogP contribution >= 0.6 is 0 Å². The second kappa shape index (κ2) is 11.8. The van der Waals surface area contributed by atoms with Gasteiger partial charge in [-0.15, -0.1) is 0 Å². The first-order valence-electron chi connectivity index (χ1n) is 7.99. The van der Waals surface area contributed by atoms with Crippen LogP contribution in [0.2, 0.25) is 0 Å². The summed E-state index contributed by atoms with van der Waals surface area (Å²) in [6.07, 6.45) is 3.48. The van der Waals surface area contributed by atoms with E-state index in [-0.39, 0.29) is 12.1 Å². The van der Waals surface area contributed by atoms with Gasteiger partial charge in [0.05, 0.1) is 19.3 Å². The van der Waals surface area contributed by atoms with Crippen LogP contribution < -0.4 is 10.6 Å². The molecule has 1 heterocycles. The minimum atomic E-state index is 0.220. The highest BCUT2D eigenvalue weighted by atomic mass is 16.5. The topological polar surface area (TPSA) is 64.1 Å². The minimum Gasteiger partial charge on any atom is -0.383 e. The molecule has 0 bridgehead atoms. The smallest absolute Gasteiger partial charge is 0.191 e. The van der Waals surface area contributed by atoms with Gasteiger partial charge in [0, 0.05) is 39.5 Å². The Bertz CT molecular complexity index is 281. The molecule has 0 aromatic rings. The molecule has 6 nitrogen and oxygen atoms in total. The molecular formula is C15H31N3O3. The van der Waals surface area contributed by atoms with Crippen molar-refractivity contribution < 1.29 is 14.2 Å². The first kappa shape index (κ1) is 18.2. The zero-order valence-corrected chi connectivity index (χ0v) is 13.7. The van der Waals surface area contributed by atoms with Gasteiger partial charge < -0.3 is 24.8 Å². The van der Waals surface area contributed by atoms with Gasteiger partial charge >= 0.3 is 0 Å². The van der Waals surface area contributed by atoms with Crippen molar-refractivity contribution in [3.05, 3.63) is 0 Å². The van der Waals surface area contributed by atoms with Crippen LogP contribution in [0, 0.1) is 0 Å². The lowest BCUT2D eigenvalue weighted by Gasteiger charge is -2.18. The molecule has 1 rings (SSSR count). The number of nitrogens with zero attached hydrogens (tertiary/aromatic N) is 1. The van der Waals surface area contributed by atoms with Crippen molar-refractivity contribution >= 4 is 5.96 Å². The molecule has 1 saturated heterocycles. The van der Waals surface area contributed by atoms with Crippen molar-refractivity contribution in [2.45, 2.75) is 45.3 Å². The minimum absolute atomic E-state index is 0.220. The number of rotatable bonds is 10. The fourth-order valence-electron chi connectivity index (χ4n) is 2.18. The average molecular weight is 301 g/mol. The molecule has 2 atom stereocenters. The lowest BCUT2D eigenvalue weighted by Crippen LogP contribution is -2.44. The highest BCUT2D eigenvalue weighted by Crippen LogP contribution is 2.11. The van der Waals surface area contributed by atoms with Crippen LogP contribution in [0.15, 0.2) is 4.99 Å². The van der Waals surface area contributed by atoms with E-state index in [1.165, 1.54) is 0 Å². The van der Waals surface area contributed by atoms with E-state index < -0.39 is 0 Å². The Kier molecular flexibility index (Phi) is 10.2. The lowest BCUT2D eigenvalue weighted by atomic mass is 10.2. The molecule has 0 amide bonds. The standard InChI is InChI=1S/C15H31N3O3/c1-4-20-9-6-8-16-15(18-13(2)12-19-3)17-11-14-7-5-10-21-14/h13-14H,4-12H2,1-3H3,(H2,16,17,18)/t13-,14-/m0/s1. The molecule has 21 heavy (non-hydrogen) atoms. The lowest BCUT2D eigenvalue weighted by molar-refractivity contribution is 0.117. The molecule has 1 aliphatic rings. The van der Waals surface area contributed by atoms with E-state index in [0.717, 1.165) is 51.6 Å². The SMILES string of the molecule is CCOCCCNC(=NC[C@@H]1CCCO1)N[C@@H](C)COC. The number of nitrogens with one attached hydrogen (secondary N) is 2. The number of guanidine groups is 1. The highest BCUT2D eigenvalue weighted by Gasteiger charge is 2.15. The number of hydrogen-bond acceptors (Lipinski definition) is 4. The van der Waals surface area contributed by atoms with Crippen LogP contribution in [0.5, 0.6) is 0 Å². The molecule has 1 aliphatic heterocycles. The summed E-state index contributed by atoms with van der Waals surface area (Å²) in [6.45, 7) is 8.70. The van der Waals surface area contributed by atoms with Gasteiger partial charge in [-0.05, 0) is 33.1 Å². The van der Waals surface area contributed by atoms with Crippen molar-refractivity contribution in [3.8, 4) is 0 Å². The van der Waals surface area contributed by atoms with E-state index in [2.05, 4.69) is 22.5 Å². The average Bonchev–Trinajstić information content (AvgIpc) is 2.97. The highest BCUT2D eigenvalue weighted by molar-refractivity contribution is 5.80. The van der Waals surface area contributed by atoms with Gasteiger partial charge in [0.25, 0.3) is 0 Å². The summed E-state index contributed by atoms with van der Waals surface area (Å²) in [7, 11) is 1.71. The Labute approximate surface area is 128 Å². The number of hydrogen-bond donors (Lipinski definition) is 2. The molecule has 2 N–H and O–H groups in total. The monoisotopic (exact) mass is 301 g/mol. The number of ether oxygens (including phenoxy) is 3. The zero-order valence-electron chi connectivity index (χ0n) is 13.7. The summed E-state index contributed by atoms with van der Waals surface area (Å²) >= 11 is 0. The van der Waals surface area contributed by atoms with Gasteiger partial charge in [-0.3, -0.25) is 4.99 Å². The van der Waals surface area contributed by atoms with Crippen LogP contribution in [0.1, 0.15) is 33.1 Å². The maximum Gasteiger partial charge on any atom is 0.191 e. The summed E-state index contributed by atoms with van der Waals surface area (Å²) in [5.41, 5.74) is 0. The van der Waals surface area contributed by atoms with E-state index in [9.17, 15) is 0 Å². The Morgan fingerprint density at radius 3 is 3.00 bits per heavy atom. The van der Waals surface area contributed by atoms with Gasteiger partial charge in [-0.1, -0.05) is 0 Å². The Morgan fingerprint density at radius 2 is 2.33 bits per heavy atom. The fraction of sp³-hybridized carbons (Fsp3) is 0.933. The normalized spacial score (nSPS) is 20.5. The Hall–Kier alpha value is -0.850. The second-order valence-electron chi connectivity index (χ2n) is 5.30. The van der Waals surface area contributed by atoms with Crippen LogP contribution in [-0.2, 0) is 14.2 Å². The molecule has 0 saturated carbocycles. The largest absolute Gasteiger partial charge is 0.383 e. The quantitative estimate of drug-likeness (QED) is 0.360. The molecule has 0 radical (unpaired) electrons. The maximum atomic E-state index is 5.61. The van der Waals surface area contributed by atoms with E-state index in [1.54, 1.807) is 7.11 Å². The summed E-state index contributed by atoms with van der Waals surface area (Å²) in [4.78, 5) is 4.62. The first-order valence-corrected chi connectivity index (χ1v) is 7.99. The predicted molar refractivity (Wildman–Crippen MR) is 84.9 cm³/mol. The Morgan fingerprint density at radius 1 is 1.48 bits per heavy atom. The fourth-order valence-corrected chi connectivity index (χ4v) is 2.18. The third kappa shape index (κ3) is 8.90. The van der Waals surface area contributed by atoms with E-state index in [1.807, 2.05) is 6.92 Å². The van der Waals surface area contributed by atoms with Crippen LogP contribution in [0.3, 0.4) is 0 Å². The molecule has 0 spiro atoms. The molecule has 1 fully saturated rings. The predicted octanol–water partition coefficient (Wildman–Crippen LogP) is 1.16. The molecule has 0 aromatic heterocycles. The van der Waals surface area contributed by atoms with Crippen LogP contribution in [0.25, 0.3) is 0 Å². The molecule has 0 aliphatic carbocycles. The van der Waals surface area contributed by atoms with Gasteiger partial charge in [0.15, 0.2) is 5.96 Å². The van der Waals surface area contributed by atoms with Crippen molar-refractivity contribution in [2.24, 2.45) is 4.99 Å².